The molecule has 0 bridgehead atoms. The van der Waals surface area contributed by atoms with E-state index in [1.54, 1.807) is 0 Å². The molecule has 2 rings (SSSR count). The minimum atomic E-state index is -0.384. The summed E-state index contributed by atoms with van der Waals surface area (Å²) < 4.78 is 5.68. The van der Waals surface area contributed by atoms with Gasteiger partial charge in [0.1, 0.15) is 12.3 Å². The Hall–Kier alpha value is -2.23. The fourth-order valence-corrected chi connectivity index (χ4v) is 3.10. The molecule has 0 aromatic heterocycles. The maximum atomic E-state index is 10.4. The van der Waals surface area contributed by atoms with Gasteiger partial charge in [-0.05, 0) is 58.9 Å². The summed E-state index contributed by atoms with van der Waals surface area (Å²) in [6, 6.07) is 0.695. The lowest BCUT2D eigenvalue weighted by atomic mass is 9.88. The van der Waals surface area contributed by atoms with Crippen LogP contribution in [0.1, 0.15) is 33.1 Å². The highest BCUT2D eigenvalue weighted by atomic mass is 16.5. The van der Waals surface area contributed by atoms with Crippen LogP contribution in [0.3, 0.4) is 0 Å². The van der Waals surface area contributed by atoms with E-state index in [1.165, 1.54) is 0 Å². The van der Waals surface area contributed by atoms with Crippen molar-refractivity contribution >= 4 is 6.02 Å². The van der Waals surface area contributed by atoms with E-state index in [1.807, 2.05) is 39.2 Å². The zero-order valence-corrected chi connectivity index (χ0v) is 16.8. The molecule has 3 N–H and O–H groups in total. The third-order valence-electron chi connectivity index (χ3n) is 4.93. The summed E-state index contributed by atoms with van der Waals surface area (Å²) in [7, 11) is 4.06. The number of terminal acetylenes is 1. The molecule has 148 valence electrons. The van der Waals surface area contributed by atoms with Crippen LogP contribution in [0.15, 0.2) is 40.2 Å². The van der Waals surface area contributed by atoms with Crippen molar-refractivity contribution in [2.75, 3.05) is 27.3 Å². The van der Waals surface area contributed by atoms with Crippen LogP contribution in [0.2, 0.25) is 0 Å². The van der Waals surface area contributed by atoms with Gasteiger partial charge in [-0.25, -0.2) is 4.99 Å². The summed E-state index contributed by atoms with van der Waals surface area (Å²) in [5.41, 5.74) is 2.19. The van der Waals surface area contributed by atoms with Crippen LogP contribution in [0.25, 0.3) is 0 Å². The molecule has 0 fully saturated rings. The second-order valence-electron chi connectivity index (χ2n) is 7.21. The molecule has 2 aliphatic rings. The van der Waals surface area contributed by atoms with E-state index in [-0.39, 0.29) is 18.1 Å². The van der Waals surface area contributed by atoms with Gasteiger partial charge in [-0.1, -0.05) is 18.1 Å². The van der Waals surface area contributed by atoms with Gasteiger partial charge in [0.15, 0.2) is 0 Å². The van der Waals surface area contributed by atoms with E-state index in [0.717, 1.165) is 36.3 Å². The quantitative estimate of drug-likeness (QED) is 0.471. The van der Waals surface area contributed by atoms with Crippen LogP contribution in [-0.2, 0) is 4.74 Å². The van der Waals surface area contributed by atoms with Gasteiger partial charge in [-0.15, -0.1) is 6.42 Å². The molecule has 3 atom stereocenters. The van der Waals surface area contributed by atoms with Gasteiger partial charge < -0.3 is 25.4 Å². The van der Waals surface area contributed by atoms with E-state index in [0.29, 0.717) is 19.2 Å². The summed E-state index contributed by atoms with van der Waals surface area (Å²) in [5, 5.41) is 17.0. The standard InChI is InChI=1S/C21H32N4O2/c1-6-15(2)9-7-10-17-13-22-21(27-17)24-14-23-18-11-8-12-19(26)20(18)16(3)25(4)5/h1,7,9-10,15-16,19,23,26H,8,11-14H2,2-5H3,(H,22,24)/b9-7-,17-10+. The Morgan fingerprint density at radius 3 is 2.89 bits per heavy atom. The smallest absolute Gasteiger partial charge is 0.291 e. The van der Waals surface area contributed by atoms with Crippen LogP contribution in [-0.4, -0.2) is 55.5 Å². The van der Waals surface area contributed by atoms with Crippen LogP contribution < -0.4 is 10.6 Å². The summed E-state index contributed by atoms with van der Waals surface area (Å²) in [6.07, 6.45) is 13.4. The minimum absolute atomic E-state index is 0.101. The number of nitrogens with zero attached hydrogens (tertiary/aromatic N) is 2. The number of ether oxygens (including phenoxy) is 1. The molecular weight excluding hydrogens is 340 g/mol. The van der Waals surface area contributed by atoms with E-state index in [4.69, 9.17) is 11.2 Å². The van der Waals surface area contributed by atoms with E-state index in [9.17, 15) is 5.11 Å². The number of nitrogens with one attached hydrogen (secondary N) is 2. The summed E-state index contributed by atoms with van der Waals surface area (Å²) in [4.78, 5) is 6.46. The van der Waals surface area contributed by atoms with Gasteiger partial charge in [0.2, 0.25) is 0 Å². The zero-order valence-electron chi connectivity index (χ0n) is 16.8. The molecule has 0 aromatic carbocycles. The Labute approximate surface area is 163 Å². The maximum absolute atomic E-state index is 10.4. The molecule has 6 nitrogen and oxygen atoms in total. The Morgan fingerprint density at radius 1 is 1.41 bits per heavy atom. The number of hydrogen-bond donors (Lipinski definition) is 3. The number of rotatable bonds is 7. The van der Waals surface area contributed by atoms with Crippen molar-refractivity contribution in [3.8, 4) is 12.3 Å². The number of hydrogen-bond acceptors (Lipinski definition) is 6. The number of aliphatic hydroxyl groups is 1. The lowest BCUT2D eigenvalue weighted by Gasteiger charge is -2.33. The molecule has 1 aliphatic carbocycles. The Kier molecular flexibility index (Phi) is 7.96. The lowest BCUT2D eigenvalue weighted by Crippen LogP contribution is -2.40. The fraction of sp³-hybridized carbons (Fsp3) is 0.571. The van der Waals surface area contributed by atoms with Crippen molar-refractivity contribution in [2.45, 2.75) is 45.3 Å². The van der Waals surface area contributed by atoms with Crippen molar-refractivity contribution in [1.29, 1.82) is 0 Å². The zero-order chi connectivity index (χ0) is 19.8. The normalized spacial score (nSPS) is 24.0. The summed E-state index contributed by atoms with van der Waals surface area (Å²) in [6.45, 7) is 5.10. The van der Waals surface area contributed by atoms with E-state index >= 15 is 0 Å². The number of aliphatic hydroxyl groups excluding tert-OH is 1. The first-order chi connectivity index (χ1) is 12.9. The highest BCUT2D eigenvalue weighted by Gasteiger charge is 2.26. The molecule has 0 saturated heterocycles. The molecule has 27 heavy (non-hydrogen) atoms. The summed E-state index contributed by atoms with van der Waals surface area (Å²) in [5.74, 6) is 3.53. The van der Waals surface area contributed by atoms with Crippen molar-refractivity contribution in [2.24, 2.45) is 10.9 Å². The lowest BCUT2D eigenvalue weighted by molar-refractivity contribution is 0.163. The van der Waals surface area contributed by atoms with Gasteiger partial charge in [-0.2, -0.15) is 0 Å². The van der Waals surface area contributed by atoms with Crippen LogP contribution in [0.4, 0.5) is 0 Å². The van der Waals surface area contributed by atoms with Gasteiger partial charge in [0.25, 0.3) is 6.02 Å². The second kappa shape index (κ2) is 10.2. The van der Waals surface area contributed by atoms with Gasteiger partial charge in [0, 0.05) is 17.7 Å². The Bertz CT molecular complexity index is 670. The third-order valence-corrected chi connectivity index (χ3v) is 4.93. The predicted molar refractivity (Wildman–Crippen MR) is 110 cm³/mol. The average molecular weight is 373 g/mol. The highest BCUT2D eigenvalue weighted by Crippen LogP contribution is 2.27. The van der Waals surface area contributed by atoms with Crippen molar-refractivity contribution in [1.82, 2.24) is 15.5 Å². The van der Waals surface area contributed by atoms with E-state index in [2.05, 4.69) is 33.4 Å². The second-order valence-corrected chi connectivity index (χ2v) is 7.21. The molecular formula is C21H32N4O2. The van der Waals surface area contributed by atoms with Crippen LogP contribution in [0.5, 0.6) is 0 Å². The third kappa shape index (κ3) is 6.16. The van der Waals surface area contributed by atoms with E-state index < -0.39 is 0 Å². The molecule has 3 unspecified atom stereocenters. The highest BCUT2D eigenvalue weighted by molar-refractivity contribution is 5.76. The van der Waals surface area contributed by atoms with Crippen molar-refractivity contribution in [3.63, 3.8) is 0 Å². The summed E-state index contributed by atoms with van der Waals surface area (Å²) >= 11 is 0. The molecule has 0 spiro atoms. The van der Waals surface area contributed by atoms with Crippen LogP contribution >= 0.6 is 0 Å². The first-order valence-electron chi connectivity index (χ1n) is 9.53. The first-order valence-corrected chi connectivity index (χ1v) is 9.53. The molecule has 6 heteroatoms. The number of allylic oxidation sites excluding steroid dienone is 4. The van der Waals surface area contributed by atoms with Gasteiger partial charge >= 0.3 is 0 Å². The largest absolute Gasteiger partial charge is 0.429 e. The molecule has 0 saturated carbocycles. The van der Waals surface area contributed by atoms with Gasteiger partial charge in [-0.3, -0.25) is 0 Å². The number of likely N-dealkylation sites (N-methyl/N-ethyl adjacent to an activating group) is 1. The van der Waals surface area contributed by atoms with Crippen LogP contribution in [0, 0.1) is 18.3 Å². The first kappa shape index (κ1) is 21.1. The predicted octanol–water partition coefficient (Wildman–Crippen LogP) is 1.97. The number of amidine groups is 1. The average Bonchev–Trinajstić information content (AvgIpc) is 3.08. The molecule has 0 radical (unpaired) electrons. The molecule has 0 amide bonds. The molecule has 1 heterocycles. The maximum Gasteiger partial charge on any atom is 0.291 e. The Balaban J connectivity index is 1.87. The van der Waals surface area contributed by atoms with Gasteiger partial charge in [0.05, 0.1) is 12.8 Å². The molecule has 0 aromatic rings. The Morgan fingerprint density at radius 2 is 2.19 bits per heavy atom. The molecule has 1 aliphatic heterocycles. The topological polar surface area (TPSA) is 69.1 Å². The fourth-order valence-electron chi connectivity index (χ4n) is 3.10. The minimum Gasteiger partial charge on any atom is -0.429 e. The SMILES string of the molecule is C#CC(C)/C=C\C=C1/CN=C(NCNC2=C(C(C)N(C)C)C(O)CCC2)O1. The van der Waals surface area contributed by atoms with Crippen molar-refractivity contribution in [3.05, 3.63) is 35.3 Å². The van der Waals surface area contributed by atoms with Crippen molar-refractivity contribution < 1.29 is 9.84 Å². The number of aliphatic imine (C=N–C) groups is 1. The monoisotopic (exact) mass is 372 g/mol.